The molecule has 1 aromatic rings. The van der Waals surface area contributed by atoms with Crippen LogP contribution in [0.3, 0.4) is 0 Å². The highest BCUT2D eigenvalue weighted by Crippen LogP contribution is 2.07. The van der Waals surface area contributed by atoms with Crippen molar-refractivity contribution in [1.82, 2.24) is 4.98 Å². The molecule has 0 aromatic carbocycles. The lowest BCUT2D eigenvalue weighted by Gasteiger charge is -1.97. The van der Waals surface area contributed by atoms with Crippen LogP contribution in [-0.4, -0.2) is 18.1 Å². The zero-order valence-corrected chi connectivity index (χ0v) is 8.52. The van der Waals surface area contributed by atoms with Gasteiger partial charge in [0.05, 0.1) is 7.11 Å². The summed E-state index contributed by atoms with van der Waals surface area (Å²) in [6.45, 7) is 1.86. The summed E-state index contributed by atoms with van der Waals surface area (Å²) in [5.74, 6) is -0.641. The summed E-state index contributed by atoms with van der Waals surface area (Å²) < 4.78 is 4.45. The Morgan fingerprint density at radius 2 is 2.33 bits per heavy atom. The van der Waals surface area contributed by atoms with Crippen molar-refractivity contribution in [3.8, 4) is 6.07 Å². The zero-order valence-electron chi connectivity index (χ0n) is 8.52. The summed E-state index contributed by atoms with van der Waals surface area (Å²) in [6, 6.07) is 5.36. The van der Waals surface area contributed by atoms with Crippen LogP contribution >= 0.6 is 0 Å². The molecule has 0 aliphatic carbocycles. The number of carbonyl (C=O) groups is 1. The summed E-state index contributed by atoms with van der Waals surface area (Å²) in [7, 11) is 1.24. The minimum atomic E-state index is -0.641. The number of esters is 1. The number of hydrogen-bond acceptors (Lipinski definition) is 4. The van der Waals surface area contributed by atoms with E-state index in [9.17, 15) is 4.79 Å². The van der Waals surface area contributed by atoms with Crippen molar-refractivity contribution in [2.24, 2.45) is 0 Å². The lowest BCUT2D eigenvalue weighted by atomic mass is 10.2. The van der Waals surface area contributed by atoms with E-state index < -0.39 is 5.97 Å². The standard InChI is InChI=1S/C11H10N2O2/c1-8-3-4-9(7-13-8)5-10(6-12)11(14)15-2/h3-5,7H,1-2H3/b10-5+. The molecule has 4 nitrogen and oxygen atoms in total. The molecule has 0 amide bonds. The molecule has 1 heterocycles. The van der Waals surface area contributed by atoms with Crippen LogP contribution in [0.2, 0.25) is 0 Å². The minimum absolute atomic E-state index is 0.0387. The van der Waals surface area contributed by atoms with Crippen molar-refractivity contribution in [3.63, 3.8) is 0 Å². The first-order valence-electron chi connectivity index (χ1n) is 4.30. The highest BCUT2D eigenvalue weighted by Gasteiger charge is 2.07. The van der Waals surface area contributed by atoms with E-state index in [0.717, 1.165) is 5.69 Å². The molecule has 0 aliphatic rings. The van der Waals surface area contributed by atoms with Gasteiger partial charge in [0.1, 0.15) is 11.6 Å². The topological polar surface area (TPSA) is 63.0 Å². The van der Waals surface area contributed by atoms with Crippen LogP contribution in [0.1, 0.15) is 11.3 Å². The molecule has 0 N–H and O–H groups in total. The number of ether oxygens (including phenoxy) is 1. The van der Waals surface area contributed by atoms with Gasteiger partial charge in [-0.1, -0.05) is 6.07 Å². The van der Waals surface area contributed by atoms with Crippen LogP contribution in [0.25, 0.3) is 6.08 Å². The predicted octanol–water partition coefficient (Wildman–Crippen LogP) is 1.47. The molecule has 0 aliphatic heterocycles. The first-order chi connectivity index (χ1) is 7.17. The van der Waals surface area contributed by atoms with Crippen molar-refractivity contribution in [2.75, 3.05) is 7.11 Å². The summed E-state index contributed by atoms with van der Waals surface area (Å²) in [5.41, 5.74) is 1.54. The highest BCUT2D eigenvalue weighted by molar-refractivity contribution is 5.97. The number of methoxy groups -OCH3 is 1. The van der Waals surface area contributed by atoms with Crippen LogP contribution in [-0.2, 0) is 9.53 Å². The molecule has 1 rings (SSSR count). The predicted molar refractivity (Wildman–Crippen MR) is 54.6 cm³/mol. The third-order valence-corrected chi connectivity index (χ3v) is 1.77. The lowest BCUT2D eigenvalue weighted by Crippen LogP contribution is -2.02. The van der Waals surface area contributed by atoms with Gasteiger partial charge in [0, 0.05) is 11.9 Å². The van der Waals surface area contributed by atoms with Gasteiger partial charge < -0.3 is 4.74 Å². The Morgan fingerprint density at radius 3 is 2.80 bits per heavy atom. The van der Waals surface area contributed by atoms with Gasteiger partial charge >= 0.3 is 5.97 Å². The van der Waals surface area contributed by atoms with Crippen molar-refractivity contribution in [1.29, 1.82) is 5.26 Å². The van der Waals surface area contributed by atoms with Gasteiger partial charge in [-0.3, -0.25) is 4.98 Å². The first-order valence-corrected chi connectivity index (χ1v) is 4.30. The van der Waals surface area contributed by atoms with Crippen LogP contribution in [0, 0.1) is 18.3 Å². The Balaban J connectivity index is 3.00. The first kappa shape index (κ1) is 10.9. The van der Waals surface area contributed by atoms with E-state index in [1.54, 1.807) is 24.4 Å². The number of hydrogen-bond donors (Lipinski definition) is 0. The van der Waals surface area contributed by atoms with Crippen molar-refractivity contribution >= 4 is 12.0 Å². The van der Waals surface area contributed by atoms with Gasteiger partial charge in [0.2, 0.25) is 0 Å². The number of nitrogens with zero attached hydrogens (tertiary/aromatic N) is 2. The van der Waals surface area contributed by atoms with E-state index in [-0.39, 0.29) is 5.57 Å². The summed E-state index contributed by atoms with van der Waals surface area (Å²) in [5, 5.41) is 8.70. The molecular weight excluding hydrogens is 192 g/mol. The Kier molecular flexibility index (Phi) is 3.58. The largest absolute Gasteiger partial charge is 0.465 e. The van der Waals surface area contributed by atoms with Crippen LogP contribution in [0.5, 0.6) is 0 Å². The van der Waals surface area contributed by atoms with Gasteiger partial charge in [0.15, 0.2) is 0 Å². The fraction of sp³-hybridized carbons (Fsp3) is 0.182. The summed E-state index contributed by atoms with van der Waals surface area (Å²) >= 11 is 0. The van der Waals surface area contributed by atoms with Crippen LogP contribution in [0.4, 0.5) is 0 Å². The van der Waals surface area contributed by atoms with Crippen LogP contribution < -0.4 is 0 Å². The summed E-state index contributed by atoms with van der Waals surface area (Å²) in [6.07, 6.45) is 3.04. The van der Waals surface area contributed by atoms with Gasteiger partial charge in [-0.2, -0.15) is 5.26 Å². The Morgan fingerprint density at radius 1 is 1.60 bits per heavy atom. The van der Waals surface area contributed by atoms with E-state index >= 15 is 0 Å². The van der Waals surface area contributed by atoms with E-state index in [0.29, 0.717) is 5.56 Å². The second-order valence-electron chi connectivity index (χ2n) is 2.89. The molecule has 0 spiro atoms. The molecule has 76 valence electrons. The second kappa shape index (κ2) is 4.91. The van der Waals surface area contributed by atoms with E-state index in [2.05, 4.69) is 9.72 Å². The molecule has 0 bridgehead atoms. The Bertz CT molecular complexity index is 427. The van der Waals surface area contributed by atoms with Crippen molar-refractivity contribution in [3.05, 3.63) is 35.2 Å². The molecule has 0 saturated carbocycles. The average molecular weight is 202 g/mol. The number of carbonyl (C=O) groups excluding carboxylic acids is 1. The van der Waals surface area contributed by atoms with Gasteiger partial charge in [-0.15, -0.1) is 0 Å². The fourth-order valence-corrected chi connectivity index (χ4v) is 0.978. The maximum atomic E-state index is 11.1. The number of aromatic nitrogens is 1. The number of rotatable bonds is 2. The van der Waals surface area contributed by atoms with Crippen molar-refractivity contribution in [2.45, 2.75) is 6.92 Å². The number of aryl methyl sites for hydroxylation is 1. The SMILES string of the molecule is COC(=O)/C(C#N)=C/c1ccc(C)nc1. The van der Waals surface area contributed by atoms with Crippen molar-refractivity contribution < 1.29 is 9.53 Å². The van der Waals surface area contributed by atoms with Gasteiger partial charge in [-0.25, -0.2) is 4.79 Å². The molecule has 0 atom stereocenters. The molecule has 0 fully saturated rings. The summed E-state index contributed by atoms with van der Waals surface area (Å²) in [4.78, 5) is 15.1. The molecule has 4 heteroatoms. The van der Waals surface area contributed by atoms with E-state index in [1.807, 2.05) is 6.92 Å². The quantitative estimate of drug-likeness (QED) is 0.414. The molecule has 1 aromatic heterocycles. The molecule has 0 unspecified atom stereocenters. The zero-order chi connectivity index (χ0) is 11.3. The Labute approximate surface area is 87.8 Å². The van der Waals surface area contributed by atoms with Crippen LogP contribution in [0.15, 0.2) is 23.9 Å². The maximum absolute atomic E-state index is 11.1. The normalized spacial score (nSPS) is 10.6. The third kappa shape index (κ3) is 2.92. The molecule has 0 radical (unpaired) electrons. The smallest absolute Gasteiger partial charge is 0.348 e. The molecule has 0 saturated heterocycles. The highest BCUT2D eigenvalue weighted by atomic mass is 16.5. The average Bonchev–Trinajstić information content (AvgIpc) is 2.27. The van der Waals surface area contributed by atoms with E-state index in [1.165, 1.54) is 13.2 Å². The second-order valence-corrected chi connectivity index (χ2v) is 2.89. The Hall–Kier alpha value is -2.15. The molecule has 15 heavy (non-hydrogen) atoms. The monoisotopic (exact) mass is 202 g/mol. The maximum Gasteiger partial charge on any atom is 0.348 e. The van der Waals surface area contributed by atoms with E-state index in [4.69, 9.17) is 5.26 Å². The van der Waals surface area contributed by atoms with Gasteiger partial charge in [-0.05, 0) is 24.6 Å². The third-order valence-electron chi connectivity index (χ3n) is 1.77. The van der Waals surface area contributed by atoms with Gasteiger partial charge in [0.25, 0.3) is 0 Å². The number of nitriles is 1. The lowest BCUT2D eigenvalue weighted by molar-refractivity contribution is -0.135. The molecular formula is C11H10N2O2. The fourth-order valence-electron chi connectivity index (χ4n) is 0.978. The minimum Gasteiger partial charge on any atom is -0.465 e. The number of pyridine rings is 1.